The van der Waals surface area contributed by atoms with E-state index < -0.39 is 11.7 Å². The summed E-state index contributed by atoms with van der Waals surface area (Å²) in [7, 11) is 1.89. The molecule has 0 unspecified atom stereocenters. The second-order valence-corrected chi connectivity index (χ2v) is 9.24. The minimum atomic E-state index is -0.988. The Balaban J connectivity index is 1.43. The molecule has 6 nitrogen and oxygen atoms in total. The van der Waals surface area contributed by atoms with Crippen LogP contribution in [0.2, 0.25) is 0 Å². The van der Waals surface area contributed by atoms with Crippen LogP contribution in [0, 0.1) is 0 Å². The van der Waals surface area contributed by atoms with Gasteiger partial charge in [-0.25, -0.2) is 9.37 Å². The van der Waals surface area contributed by atoms with Gasteiger partial charge in [0.2, 0.25) is 0 Å². The number of fused-ring (bicyclic) bond motifs is 3. The second kappa shape index (κ2) is 6.60. The van der Waals surface area contributed by atoms with E-state index in [1.165, 1.54) is 0 Å². The zero-order valence-electron chi connectivity index (χ0n) is 17.4. The van der Waals surface area contributed by atoms with Gasteiger partial charge >= 0.3 is 0 Å². The first-order valence-corrected chi connectivity index (χ1v) is 10.3. The summed E-state index contributed by atoms with van der Waals surface area (Å²) < 4.78 is 15.4. The molecule has 3 aromatic rings. The van der Waals surface area contributed by atoms with Crippen LogP contribution in [0.4, 0.5) is 10.2 Å². The molecule has 2 saturated heterocycles. The summed E-state index contributed by atoms with van der Waals surface area (Å²) in [5, 5.41) is 15.8. The molecule has 4 heterocycles. The van der Waals surface area contributed by atoms with Gasteiger partial charge in [-0.05, 0) is 56.7 Å². The lowest BCUT2D eigenvalue weighted by Crippen LogP contribution is -2.65. The molecule has 0 aliphatic carbocycles. The lowest BCUT2D eigenvalue weighted by atomic mass is 9.82. The molecular formula is C23H26FN5O. The Labute approximate surface area is 175 Å². The van der Waals surface area contributed by atoms with E-state index in [0.29, 0.717) is 17.1 Å². The van der Waals surface area contributed by atoms with Crippen molar-refractivity contribution in [3.63, 3.8) is 0 Å². The number of nitrogens with zero attached hydrogens (tertiary/aromatic N) is 4. The first-order valence-electron chi connectivity index (χ1n) is 10.3. The topological polar surface area (TPSA) is 74.2 Å². The number of benzene rings is 1. The minimum Gasteiger partial charge on any atom is -0.507 e. The molecule has 7 heteroatoms. The molecule has 0 saturated carbocycles. The molecule has 2 aliphatic heterocycles. The van der Waals surface area contributed by atoms with Gasteiger partial charge in [-0.2, -0.15) is 0 Å². The van der Waals surface area contributed by atoms with Crippen molar-refractivity contribution in [1.82, 2.24) is 20.3 Å². The number of phenolic OH excluding ortho intramolecular Hbond substituents is 1. The van der Waals surface area contributed by atoms with Crippen LogP contribution in [0.1, 0.15) is 33.1 Å². The van der Waals surface area contributed by atoms with Crippen molar-refractivity contribution in [2.75, 3.05) is 11.9 Å². The fourth-order valence-corrected chi connectivity index (χ4v) is 5.17. The molecule has 30 heavy (non-hydrogen) atoms. The summed E-state index contributed by atoms with van der Waals surface area (Å²) in [4.78, 5) is 15.1. The third-order valence-electron chi connectivity index (χ3n) is 6.92. The Bertz CT molecular complexity index is 1110. The predicted molar refractivity (Wildman–Crippen MR) is 115 cm³/mol. The number of phenols is 1. The molecule has 0 spiro atoms. The summed E-state index contributed by atoms with van der Waals surface area (Å²) in [6.07, 6.45) is 8.29. The highest BCUT2D eigenvalue weighted by Gasteiger charge is 2.56. The van der Waals surface area contributed by atoms with Crippen molar-refractivity contribution in [2.45, 2.75) is 56.4 Å². The largest absolute Gasteiger partial charge is 0.507 e. The highest BCUT2D eigenvalue weighted by atomic mass is 19.1. The number of piperidine rings is 1. The maximum absolute atomic E-state index is 15.4. The van der Waals surface area contributed by atoms with Crippen molar-refractivity contribution >= 4 is 16.6 Å². The number of hydrogen-bond acceptors (Lipinski definition) is 6. The van der Waals surface area contributed by atoms with Crippen molar-refractivity contribution in [1.29, 1.82) is 0 Å². The third-order valence-corrected chi connectivity index (χ3v) is 6.92. The van der Waals surface area contributed by atoms with Crippen LogP contribution in [-0.2, 0) is 0 Å². The number of pyridine rings is 1. The lowest BCUT2D eigenvalue weighted by molar-refractivity contribution is 0.0859. The Morgan fingerprint density at radius 2 is 1.97 bits per heavy atom. The first-order chi connectivity index (χ1) is 14.3. The van der Waals surface area contributed by atoms with Crippen molar-refractivity contribution in [3.8, 4) is 17.0 Å². The molecule has 5 rings (SSSR count). The molecule has 0 amide bonds. The van der Waals surface area contributed by atoms with E-state index in [0.717, 1.165) is 30.0 Å². The predicted octanol–water partition coefficient (Wildman–Crippen LogP) is 3.84. The van der Waals surface area contributed by atoms with Crippen molar-refractivity contribution in [2.24, 2.45) is 0 Å². The Hall–Kier alpha value is -2.80. The fraction of sp³-hybridized carbons (Fsp3) is 0.435. The van der Waals surface area contributed by atoms with E-state index in [-0.39, 0.29) is 17.3 Å². The maximum Gasteiger partial charge on any atom is 0.147 e. The quantitative estimate of drug-likeness (QED) is 0.687. The van der Waals surface area contributed by atoms with Crippen molar-refractivity contribution in [3.05, 3.63) is 43.0 Å². The zero-order valence-corrected chi connectivity index (χ0v) is 17.4. The van der Waals surface area contributed by atoms with Crippen LogP contribution in [0.3, 0.4) is 0 Å². The van der Waals surface area contributed by atoms with Gasteiger partial charge in [-0.1, -0.05) is 0 Å². The number of aromatic hydroxyl groups is 1. The molecule has 156 valence electrons. The standard InChI is InChI=1S/C23H26FN5O/c1-22-5-6-23(2,28-22)21(24)18(10-22)29(3)20-13-26-17(12-27-20)16-8-14-4-7-25-11-15(14)9-19(16)30/h4,7-9,11-13,18,21,28,30H,5-6,10H2,1-3H3/t18-,21-,22-,23+/m0/s1. The monoisotopic (exact) mass is 407 g/mol. The summed E-state index contributed by atoms with van der Waals surface area (Å²) in [6, 6.07) is 5.19. The number of anilines is 1. The average molecular weight is 407 g/mol. The van der Waals surface area contributed by atoms with E-state index in [9.17, 15) is 5.11 Å². The number of aromatic nitrogens is 3. The van der Waals surface area contributed by atoms with Gasteiger partial charge in [0.25, 0.3) is 0 Å². The molecule has 2 fully saturated rings. The van der Waals surface area contributed by atoms with Crippen LogP contribution in [0.5, 0.6) is 5.75 Å². The molecule has 2 aromatic heterocycles. The summed E-state index contributed by atoms with van der Waals surface area (Å²) >= 11 is 0. The maximum atomic E-state index is 15.4. The molecular weight excluding hydrogens is 381 g/mol. The molecule has 1 aromatic carbocycles. The molecule has 4 atom stereocenters. The smallest absolute Gasteiger partial charge is 0.147 e. The highest BCUT2D eigenvalue weighted by Crippen LogP contribution is 2.45. The van der Waals surface area contributed by atoms with Gasteiger partial charge in [0.1, 0.15) is 17.7 Å². The number of hydrogen-bond donors (Lipinski definition) is 2. The normalized spacial score (nSPS) is 30.5. The van der Waals surface area contributed by atoms with Crippen LogP contribution in [0.25, 0.3) is 22.0 Å². The van der Waals surface area contributed by atoms with E-state index in [2.05, 4.69) is 27.2 Å². The summed E-state index contributed by atoms with van der Waals surface area (Å²) in [5.41, 5.74) is 0.642. The van der Waals surface area contributed by atoms with Crippen LogP contribution in [-0.4, -0.2) is 50.4 Å². The van der Waals surface area contributed by atoms with Gasteiger partial charge in [-0.15, -0.1) is 0 Å². The Kier molecular flexibility index (Phi) is 4.22. The van der Waals surface area contributed by atoms with Crippen LogP contribution in [0.15, 0.2) is 43.0 Å². The number of nitrogens with one attached hydrogen (secondary N) is 1. The van der Waals surface area contributed by atoms with E-state index in [1.807, 2.05) is 31.0 Å². The third kappa shape index (κ3) is 2.99. The minimum absolute atomic E-state index is 0.0463. The molecule has 2 bridgehead atoms. The lowest BCUT2D eigenvalue weighted by Gasteiger charge is -2.47. The Morgan fingerprint density at radius 3 is 2.73 bits per heavy atom. The molecule has 2 N–H and O–H groups in total. The SMILES string of the molecule is CN(c1cnc(-c2cc3ccncc3cc2O)cn1)[C@H]1C[C@]2(C)CC[C@@](C)(N2)[C@H]1F. The van der Waals surface area contributed by atoms with Gasteiger partial charge < -0.3 is 15.3 Å². The van der Waals surface area contributed by atoms with Crippen LogP contribution >= 0.6 is 0 Å². The van der Waals surface area contributed by atoms with Gasteiger partial charge in [0, 0.05) is 41.5 Å². The average Bonchev–Trinajstić information content (AvgIpc) is 3.02. The fourth-order valence-electron chi connectivity index (χ4n) is 5.17. The number of rotatable bonds is 3. The van der Waals surface area contributed by atoms with Gasteiger partial charge in [-0.3, -0.25) is 9.97 Å². The number of alkyl halides is 1. The van der Waals surface area contributed by atoms with Crippen LogP contribution < -0.4 is 10.2 Å². The Morgan fingerprint density at radius 1 is 1.13 bits per heavy atom. The number of halogens is 1. The van der Waals surface area contributed by atoms with E-state index >= 15 is 4.39 Å². The summed E-state index contributed by atoms with van der Waals surface area (Å²) in [6.45, 7) is 4.16. The zero-order chi connectivity index (χ0) is 21.1. The highest BCUT2D eigenvalue weighted by molar-refractivity contribution is 5.89. The van der Waals surface area contributed by atoms with Crippen molar-refractivity contribution < 1.29 is 9.50 Å². The van der Waals surface area contributed by atoms with Gasteiger partial charge in [0.15, 0.2) is 0 Å². The van der Waals surface area contributed by atoms with Gasteiger partial charge in [0.05, 0.1) is 24.1 Å². The molecule has 0 radical (unpaired) electrons. The molecule has 2 aliphatic rings. The summed E-state index contributed by atoms with van der Waals surface area (Å²) in [5.74, 6) is 0.759. The first kappa shape index (κ1) is 19.2. The van der Waals surface area contributed by atoms with E-state index in [1.54, 1.807) is 30.9 Å². The van der Waals surface area contributed by atoms with E-state index in [4.69, 9.17) is 0 Å². The second-order valence-electron chi connectivity index (χ2n) is 9.24.